The summed E-state index contributed by atoms with van der Waals surface area (Å²) in [4.78, 5) is 17.8. The molecule has 1 saturated heterocycles. The second-order valence-corrected chi connectivity index (χ2v) is 9.73. The van der Waals surface area contributed by atoms with E-state index in [4.69, 9.17) is 9.26 Å². The van der Waals surface area contributed by atoms with Gasteiger partial charge in [-0.15, -0.1) is 0 Å². The average molecular weight is 363 g/mol. The van der Waals surface area contributed by atoms with Crippen LogP contribution in [0.15, 0.2) is 35.9 Å². The van der Waals surface area contributed by atoms with E-state index in [1.165, 1.54) is 0 Å². The monoisotopic (exact) mass is 362 g/mol. The van der Waals surface area contributed by atoms with Gasteiger partial charge < -0.3 is 9.53 Å². The summed E-state index contributed by atoms with van der Waals surface area (Å²) in [6.45, 7) is 10.7. The maximum atomic E-state index is 11.8. The van der Waals surface area contributed by atoms with Crippen molar-refractivity contribution in [2.24, 2.45) is 11.3 Å². The van der Waals surface area contributed by atoms with Crippen LogP contribution in [0.5, 0.6) is 0 Å². The Morgan fingerprint density at radius 2 is 1.96 bits per heavy atom. The number of hydroxylamine groups is 2. The molecule has 2 atom stereocenters. The molecule has 137 valence electrons. The molecule has 2 rings (SSSR count). The maximum Gasteiger partial charge on any atom is 0.208 e. The van der Waals surface area contributed by atoms with Crippen LogP contribution < -0.4 is 0 Å². The van der Waals surface area contributed by atoms with Crippen molar-refractivity contribution in [1.82, 2.24) is 5.06 Å². The molecule has 0 bridgehead atoms. The van der Waals surface area contributed by atoms with Gasteiger partial charge in [0.2, 0.25) is 9.04 Å². The first-order valence-corrected chi connectivity index (χ1v) is 11.0. The molecule has 0 aromatic heterocycles. The van der Waals surface area contributed by atoms with E-state index < -0.39 is 14.8 Å². The third kappa shape index (κ3) is 4.29. The Kier molecular flexibility index (Phi) is 6.38. The first kappa shape index (κ1) is 20.0. The number of aliphatic hydroxyl groups excluding tert-OH is 1. The van der Waals surface area contributed by atoms with Gasteiger partial charge >= 0.3 is 0 Å². The van der Waals surface area contributed by atoms with Crippen LogP contribution in [0.3, 0.4) is 0 Å². The van der Waals surface area contributed by atoms with Gasteiger partial charge in [0.1, 0.15) is 5.94 Å². The van der Waals surface area contributed by atoms with Crippen LogP contribution in [0.2, 0.25) is 13.1 Å². The minimum Gasteiger partial charge on any atom is -0.392 e. The second kappa shape index (κ2) is 7.95. The minimum atomic E-state index is -1.24. The SMILES string of the molecule is C[Si](C)O[C@]1(CO)C(=C=O)[C@@H](C(C)(C)C)CN1OCc1ccccc1. The van der Waals surface area contributed by atoms with Gasteiger partial charge in [-0.05, 0) is 24.1 Å². The lowest BCUT2D eigenvalue weighted by Crippen LogP contribution is -2.52. The molecule has 0 aliphatic carbocycles. The van der Waals surface area contributed by atoms with Crippen molar-refractivity contribution < 1.29 is 19.2 Å². The lowest BCUT2D eigenvalue weighted by Gasteiger charge is -2.37. The summed E-state index contributed by atoms with van der Waals surface area (Å²) in [5.41, 5.74) is 0.0488. The highest BCUT2D eigenvalue weighted by Crippen LogP contribution is 2.46. The third-order valence-corrected chi connectivity index (χ3v) is 5.24. The van der Waals surface area contributed by atoms with E-state index in [-0.39, 0.29) is 17.9 Å². The molecular weight excluding hydrogens is 334 g/mol. The molecular formula is C19H28NO4Si. The van der Waals surface area contributed by atoms with Crippen molar-refractivity contribution in [3.05, 3.63) is 41.5 Å². The van der Waals surface area contributed by atoms with Crippen LogP contribution in [-0.2, 0) is 20.7 Å². The maximum absolute atomic E-state index is 11.8. The number of hydrogen-bond donors (Lipinski definition) is 1. The minimum absolute atomic E-state index is 0.103. The molecule has 1 aliphatic heterocycles. The van der Waals surface area contributed by atoms with Gasteiger partial charge in [-0.2, -0.15) is 5.06 Å². The molecule has 1 aliphatic rings. The zero-order chi connectivity index (χ0) is 18.7. The van der Waals surface area contributed by atoms with Crippen molar-refractivity contribution in [2.75, 3.05) is 13.2 Å². The van der Waals surface area contributed by atoms with Crippen molar-refractivity contribution in [3.63, 3.8) is 0 Å². The summed E-state index contributed by atoms with van der Waals surface area (Å²) in [6, 6.07) is 9.80. The Hall–Kier alpha value is -1.27. The smallest absolute Gasteiger partial charge is 0.208 e. The summed E-state index contributed by atoms with van der Waals surface area (Å²) in [7, 11) is -1.19. The van der Waals surface area contributed by atoms with E-state index >= 15 is 0 Å². The highest BCUT2D eigenvalue weighted by atomic mass is 28.3. The van der Waals surface area contributed by atoms with Crippen molar-refractivity contribution in [2.45, 2.75) is 46.2 Å². The van der Waals surface area contributed by atoms with Crippen LogP contribution in [0.1, 0.15) is 26.3 Å². The zero-order valence-electron chi connectivity index (χ0n) is 15.7. The van der Waals surface area contributed by atoms with Gasteiger partial charge in [0.05, 0.1) is 18.8 Å². The normalized spacial score (nSPS) is 24.8. The number of rotatable bonds is 6. The number of hydrogen-bond acceptors (Lipinski definition) is 5. The molecule has 25 heavy (non-hydrogen) atoms. The highest BCUT2D eigenvalue weighted by Gasteiger charge is 2.56. The van der Waals surface area contributed by atoms with Gasteiger partial charge in [-0.1, -0.05) is 51.1 Å². The lowest BCUT2D eigenvalue weighted by molar-refractivity contribution is -0.270. The predicted octanol–water partition coefficient (Wildman–Crippen LogP) is 2.81. The van der Waals surface area contributed by atoms with E-state index in [0.717, 1.165) is 5.56 Å². The zero-order valence-corrected chi connectivity index (χ0v) is 16.7. The molecule has 0 saturated carbocycles. The van der Waals surface area contributed by atoms with Crippen molar-refractivity contribution in [1.29, 1.82) is 0 Å². The lowest BCUT2D eigenvalue weighted by atomic mass is 9.76. The van der Waals surface area contributed by atoms with Crippen LogP contribution in [0.4, 0.5) is 0 Å². The molecule has 1 aromatic rings. The molecule has 0 spiro atoms. The topological polar surface area (TPSA) is 59.0 Å². The first-order chi connectivity index (χ1) is 11.7. The molecule has 1 aromatic carbocycles. The van der Waals surface area contributed by atoms with E-state index in [2.05, 4.69) is 26.7 Å². The van der Waals surface area contributed by atoms with Crippen LogP contribution >= 0.6 is 0 Å². The fraction of sp³-hybridized carbons (Fsp3) is 0.579. The van der Waals surface area contributed by atoms with E-state index in [0.29, 0.717) is 18.7 Å². The van der Waals surface area contributed by atoms with Gasteiger partial charge in [0.15, 0.2) is 5.72 Å². The van der Waals surface area contributed by atoms with E-state index in [1.54, 1.807) is 5.06 Å². The Balaban J connectivity index is 2.35. The second-order valence-electron chi connectivity index (χ2n) is 7.71. The Labute approximate surface area is 151 Å². The highest BCUT2D eigenvalue weighted by molar-refractivity contribution is 6.48. The summed E-state index contributed by atoms with van der Waals surface area (Å²) in [5.74, 6) is 1.97. The average Bonchev–Trinajstić information content (AvgIpc) is 2.87. The molecule has 1 heterocycles. The molecule has 0 amide bonds. The molecule has 1 N–H and O–H groups in total. The summed E-state index contributed by atoms with van der Waals surface area (Å²) < 4.78 is 6.13. The third-order valence-electron chi connectivity index (χ3n) is 4.49. The fourth-order valence-corrected chi connectivity index (χ4v) is 4.14. The summed E-state index contributed by atoms with van der Waals surface area (Å²) in [6.07, 6.45) is 0. The van der Waals surface area contributed by atoms with Gasteiger partial charge in [-0.25, -0.2) is 4.79 Å². The van der Waals surface area contributed by atoms with Crippen molar-refractivity contribution in [3.8, 4) is 0 Å². The van der Waals surface area contributed by atoms with Crippen LogP contribution in [0, 0.1) is 11.3 Å². The Morgan fingerprint density at radius 1 is 1.32 bits per heavy atom. The van der Waals surface area contributed by atoms with Crippen LogP contribution in [0.25, 0.3) is 0 Å². The van der Waals surface area contributed by atoms with Gasteiger partial charge in [0.25, 0.3) is 0 Å². The number of carbonyl (C=O) groups excluding carboxylic acids is 1. The number of benzene rings is 1. The standard InChI is InChI=1S/C19H28NO4Si/c1-18(2,3)16-11-20(23-13-15-9-7-6-8-10-15)19(14-22,17(16)12-21)24-25(4)5/h6-10,16,22H,11,13-14H2,1-5H3/t16-,19+/m0/s1. The number of nitrogens with zero attached hydrogens (tertiary/aromatic N) is 1. The number of aliphatic hydroxyl groups is 1. The fourth-order valence-electron chi connectivity index (χ4n) is 3.19. The predicted molar refractivity (Wildman–Crippen MR) is 98.5 cm³/mol. The largest absolute Gasteiger partial charge is 0.392 e. The summed E-state index contributed by atoms with van der Waals surface area (Å²) >= 11 is 0. The molecule has 1 radical (unpaired) electrons. The van der Waals surface area contributed by atoms with E-state index in [1.807, 2.05) is 43.4 Å². The molecule has 1 fully saturated rings. The van der Waals surface area contributed by atoms with Crippen LogP contribution in [-0.4, -0.2) is 44.0 Å². The van der Waals surface area contributed by atoms with Gasteiger partial charge in [0, 0.05) is 12.5 Å². The van der Waals surface area contributed by atoms with Gasteiger partial charge in [-0.3, -0.25) is 4.84 Å². The molecule has 5 nitrogen and oxygen atoms in total. The molecule has 6 heteroatoms. The molecule has 0 unspecified atom stereocenters. The quantitative estimate of drug-likeness (QED) is 0.623. The summed E-state index contributed by atoms with van der Waals surface area (Å²) in [5, 5.41) is 11.8. The first-order valence-electron chi connectivity index (χ1n) is 8.54. The van der Waals surface area contributed by atoms with Crippen molar-refractivity contribution >= 4 is 15.0 Å². The van der Waals surface area contributed by atoms with E-state index in [9.17, 15) is 9.90 Å². The Morgan fingerprint density at radius 3 is 2.44 bits per heavy atom. The Bertz CT molecular complexity index is 622.